The normalized spacial score (nSPS) is 19.8. The van der Waals surface area contributed by atoms with Gasteiger partial charge in [0.25, 0.3) is 0 Å². The maximum absolute atomic E-state index is 11.9. The highest BCUT2D eigenvalue weighted by Gasteiger charge is 2.16. The monoisotopic (exact) mass is 276 g/mol. The molecule has 1 saturated heterocycles. The van der Waals surface area contributed by atoms with Crippen LogP contribution in [0, 0.1) is 5.92 Å². The van der Waals surface area contributed by atoms with Crippen molar-refractivity contribution < 1.29 is 9.53 Å². The van der Waals surface area contributed by atoms with Gasteiger partial charge in [-0.15, -0.1) is 0 Å². The van der Waals surface area contributed by atoms with Crippen molar-refractivity contribution in [2.75, 3.05) is 26.7 Å². The van der Waals surface area contributed by atoms with E-state index in [0.717, 1.165) is 25.1 Å². The number of carbonyl (C=O) groups excluding carboxylic acids is 1. The fraction of sp³-hybridized carbons (Fsp3) is 0.562. The number of amides is 1. The van der Waals surface area contributed by atoms with Crippen LogP contribution in [0.2, 0.25) is 0 Å². The highest BCUT2D eigenvalue weighted by Crippen LogP contribution is 2.16. The molecular formula is C16H24N2O2. The molecule has 1 aliphatic heterocycles. The van der Waals surface area contributed by atoms with Crippen molar-refractivity contribution in [3.63, 3.8) is 0 Å². The standard InChI is InChI=1S/C16H24N2O2/c1-20-15(14-5-3-2-4-6-14)12-18-16(19)8-7-13-9-10-17-11-13/h2-6,13,15,17H,7-12H2,1H3,(H,18,19). The van der Waals surface area contributed by atoms with E-state index in [1.54, 1.807) is 7.11 Å². The van der Waals surface area contributed by atoms with Crippen LogP contribution in [0.4, 0.5) is 0 Å². The second kappa shape index (κ2) is 8.02. The molecule has 2 rings (SSSR count). The SMILES string of the molecule is COC(CNC(=O)CCC1CCNC1)c1ccccc1. The first kappa shape index (κ1) is 15.0. The molecule has 20 heavy (non-hydrogen) atoms. The average Bonchev–Trinajstić information content (AvgIpc) is 3.00. The summed E-state index contributed by atoms with van der Waals surface area (Å²) < 4.78 is 5.44. The van der Waals surface area contributed by atoms with Gasteiger partial charge in [-0.1, -0.05) is 30.3 Å². The molecule has 0 saturated carbocycles. The summed E-state index contributed by atoms with van der Waals surface area (Å²) >= 11 is 0. The van der Waals surface area contributed by atoms with Gasteiger partial charge in [0.05, 0.1) is 6.10 Å². The van der Waals surface area contributed by atoms with Gasteiger partial charge in [0.15, 0.2) is 0 Å². The second-order valence-electron chi connectivity index (χ2n) is 5.34. The molecule has 1 fully saturated rings. The Morgan fingerprint density at radius 2 is 2.25 bits per heavy atom. The molecule has 0 aliphatic carbocycles. The Bertz CT molecular complexity index is 402. The van der Waals surface area contributed by atoms with E-state index in [4.69, 9.17) is 4.74 Å². The quantitative estimate of drug-likeness (QED) is 0.799. The number of benzene rings is 1. The van der Waals surface area contributed by atoms with Crippen molar-refractivity contribution in [1.29, 1.82) is 0 Å². The van der Waals surface area contributed by atoms with Crippen molar-refractivity contribution >= 4 is 5.91 Å². The molecule has 1 aromatic rings. The summed E-state index contributed by atoms with van der Waals surface area (Å²) in [5, 5.41) is 6.30. The molecule has 1 amide bonds. The summed E-state index contributed by atoms with van der Waals surface area (Å²) in [6, 6.07) is 9.98. The minimum Gasteiger partial charge on any atom is -0.375 e. The third kappa shape index (κ3) is 4.62. The molecule has 110 valence electrons. The van der Waals surface area contributed by atoms with E-state index in [1.807, 2.05) is 30.3 Å². The summed E-state index contributed by atoms with van der Waals surface area (Å²) in [4.78, 5) is 11.9. The predicted molar refractivity (Wildman–Crippen MR) is 79.4 cm³/mol. The Labute approximate surface area is 120 Å². The van der Waals surface area contributed by atoms with Gasteiger partial charge in [-0.2, -0.15) is 0 Å². The van der Waals surface area contributed by atoms with Crippen LogP contribution in [0.1, 0.15) is 30.9 Å². The number of rotatable bonds is 7. The van der Waals surface area contributed by atoms with E-state index in [9.17, 15) is 4.79 Å². The van der Waals surface area contributed by atoms with Crippen molar-refractivity contribution in [1.82, 2.24) is 10.6 Å². The third-order valence-electron chi connectivity index (χ3n) is 3.88. The first-order valence-corrected chi connectivity index (χ1v) is 7.34. The van der Waals surface area contributed by atoms with E-state index >= 15 is 0 Å². The van der Waals surface area contributed by atoms with Crippen LogP contribution in [-0.2, 0) is 9.53 Å². The molecular weight excluding hydrogens is 252 g/mol. The summed E-state index contributed by atoms with van der Waals surface area (Å²) in [7, 11) is 1.67. The zero-order valence-corrected chi connectivity index (χ0v) is 12.1. The second-order valence-corrected chi connectivity index (χ2v) is 5.34. The largest absolute Gasteiger partial charge is 0.375 e. The molecule has 2 N–H and O–H groups in total. The number of hydrogen-bond donors (Lipinski definition) is 2. The summed E-state index contributed by atoms with van der Waals surface area (Å²) in [5.41, 5.74) is 1.09. The van der Waals surface area contributed by atoms with Gasteiger partial charge in [0.2, 0.25) is 5.91 Å². The molecule has 4 nitrogen and oxygen atoms in total. The molecule has 0 spiro atoms. The van der Waals surface area contributed by atoms with E-state index < -0.39 is 0 Å². The van der Waals surface area contributed by atoms with Crippen LogP contribution < -0.4 is 10.6 Å². The molecule has 1 aliphatic rings. The Balaban J connectivity index is 1.71. The summed E-state index contributed by atoms with van der Waals surface area (Å²) in [5.74, 6) is 0.781. The lowest BCUT2D eigenvalue weighted by Crippen LogP contribution is -2.29. The average molecular weight is 276 g/mol. The van der Waals surface area contributed by atoms with Crippen molar-refractivity contribution in [3.05, 3.63) is 35.9 Å². The summed E-state index contributed by atoms with van der Waals surface area (Å²) in [6.45, 7) is 2.67. The van der Waals surface area contributed by atoms with Gasteiger partial charge in [0.1, 0.15) is 0 Å². The van der Waals surface area contributed by atoms with Crippen molar-refractivity contribution in [3.8, 4) is 0 Å². The number of hydrogen-bond acceptors (Lipinski definition) is 3. The smallest absolute Gasteiger partial charge is 0.220 e. The lowest BCUT2D eigenvalue weighted by Gasteiger charge is -2.17. The van der Waals surface area contributed by atoms with Gasteiger partial charge in [-0.3, -0.25) is 4.79 Å². The highest BCUT2D eigenvalue weighted by molar-refractivity contribution is 5.75. The molecule has 0 radical (unpaired) electrons. The van der Waals surface area contributed by atoms with Crippen LogP contribution in [-0.4, -0.2) is 32.7 Å². The molecule has 0 bridgehead atoms. The molecule has 0 aromatic heterocycles. The number of carbonyl (C=O) groups is 1. The minimum absolute atomic E-state index is 0.0757. The number of ether oxygens (including phenoxy) is 1. The molecule has 1 heterocycles. The van der Waals surface area contributed by atoms with Crippen LogP contribution in [0.15, 0.2) is 30.3 Å². The van der Waals surface area contributed by atoms with Gasteiger partial charge >= 0.3 is 0 Å². The number of nitrogens with one attached hydrogen (secondary N) is 2. The Hall–Kier alpha value is -1.39. The predicted octanol–water partition coefficient (Wildman–Crippen LogP) is 1.88. The maximum atomic E-state index is 11.9. The molecule has 2 unspecified atom stereocenters. The van der Waals surface area contributed by atoms with Gasteiger partial charge in [-0.05, 0) is 37.4 Å². The molecule has 1 aromatic carbocycles. The third-order valence-corrected chi connectivity index (χ3v) is 3.88. The fourth-order valence-corrected chi connectivity index (χ4v) is 2.60. The Kier molecular flexibility index (Phi) is 6.02. The Morgan fingerprint density at radius 1 is 1.45 bits per heavy atom. The number of methoxy groups -OCH3 is 1. The first-order chi connectivity index (χ1) is 9.79. The maximum Gasteiger partial charge on any atom is 0.220 e. The van der Waals surface area contributed by atoms with Crippen molar-refractivity contribution in [2.24, 2.45) is 5.92 Å². The van der Waals surface area contributed by atoms with Gasteiger partial charge in [-0.25, -0.2) is 0 Å². The van der Waals surface area contributed by atoms with Crippen molar-refractivity contribution in [2.45, 2.75) is 25.4 Å². The van der Waals surface area contributed by atoms with Crippen LogP contribution in [0.25, 0.3) is 0 Å². The summed E-state index contributed by atoms with van der Waals surface area (Å²) in [6.07, 6.45) is 2.70. The first-order valence-electron chi connectivity index (χ1n) is 7.34. The van der Waals surface area contributed by atoms with Crippen LogP contribution in [0.5, 0.6) is 0 Å². The van der Waals surface area contributed by atoms with Crippen LogP contribution >= 0.6 is 0 Å². The fourth-order valence-electron chi connectivity index (χ4n) is 2.60. The highest BCUT2D eigenvalue weighted by atomic mass is 16.5. The van der Waals surface area contributed by atoms with Crippen LogP contribution in [0.3, 0.4) is 0 Å². The minimum atomic E-state index is -0.0757. The van der Waals surface area contributed by atoms with E-state index in [1.165, 1.54) is 6.42 Å². The van der Waals surface area contributed by atoms with E-state index in [2.05, 4.69) is 10.6 Å². The lowest BCUT2D eigenvalue weighted by molar-refractivity contribution is -0.121. The van der Waals surface area contributed by atoms with Gasteiger partial charge in [0, 0.05) is 20.1 Å². The van der Waals surface area contributed by atoms with E-state index in [0.29, 0.717) is 18.9 Å². The topological polar surface area (TPSA) is 50.4 Å². The van der Waals surface area contributed by atoms with E-state index in [-0.39, 0.29) is 12.0 Å². The zero-order valence-electron chi connectivity index (χ0n) is 12.1. The zero-order chi connectivity index (χ0) is 14.2. The molecule has 4 heteroatoms. The van der Waals surface area contributed by atoms with Gasteiger partial charge < -0.3 is 15.4 Å². The molecule has 2 atom stereocenters. The lowest BCUT2D eigenvalue weighted by atomic mass is 10.0. The Morgan fingerprint density at radius 3 is 2.90 bits per heavy atom.